The lowest BCUT2D eigenvalue weighted by Gasteiger charge is -2.33. The summed E-state index contributed by atoms with van der Waals surface area (Å²) >= 11 is 7.62. The van der Waals surface area contributed by atoms with Crippen molar-refractivity contribution in [3.05, 3.63) is 45.1 Å². The summed E-state index contributed by atoms with van der Waals surface area (Å²) in [5.74, 6) is 1.52. The molecular formula is C21H24ClN5OS. The summed E-state index contributed by atoms with van der Waals surface area (Å²) in [5, 5.41) is 4.63. The first-order valence-corrected chi connectivity index (χ1v) is 10.8. The van der Waals surface area contributed by atoms with Gasteiger partial charge in [-0.15, -0.1) is 11.3 Å². The number of amides is 1. The van der Waals surface area contributed by atoms with Gasteiger partial charge in [0.05, 0.1) is 10.3 Å². The molecule has 0 saturated carbocycles. The van der Waals surface area contributed by atoms with Crippen LogP contribution in [0, 0.1) is 20.8 Å². The van der Waals surface area contributed by atoms with E-state index in [2.05, 4.69) is 27.1 Å². The van der Waals surface area contributed by atoms with E-state index in [1.54, 1.807) is 0 Å². The average molecular weight is 430 g/mol. The van der Waals surface area contributed by atoms with E-state index < -0.39 is 0 Å². The number of fused-ring (bicyclic) bond motifs is 1. The Bertz CT molecular complexity index is 1090. The standard InChI is InChI=1S/C21H24ClN5OS/c1-12-15(22)6-5-7-16(12)25-20(28)18-13(2)17-19(23-14(3)24-21(17)29-18)27-10-8-26(4)9-11-27/h5-7H,8-11H2,1-4H3,(H,25,28). The zero-order valence-corrected chi connectivity index (χ0v) is 18.6. The molecule has 1 aromatic carbocycles. The van der Waals surface area contributed by atoms with Crippen molar-refractivity contribution in [2.45, 2.75) is 20.8 Å². The zero-order chi connectivity index (χ0) is 20.7. The van der Waals surface area contributed by atoms with Gasteiger partial charge >= 0.3 is 0 Å². The van der Waals surface area contributed by atoms with E-state index in [1.165, 1.54) is 11.3 Å². The van der Waals surface area contributed by atoms with Crippen LogP contribution in [0.25, 0.3) is 10.2 Å². The Kier molecular flexibility index (Phi) is 5.46. The van der Waals surface area contributed by atoms with Crippen molar-refractivity contribution in [3.8, 4) is 0 Å². The second-order valence-electron chi connectivity index (χ2n) is 7.49. The number of aryl methyl sites for hydroxylation is 2. The summed E-state index contributed by atoms with van der Waals surface area (Å²) in [6.07, 6.45) is 0. The van der Waals surface area contributed by atoms with Gasteiger partial charge in [-0.05, 0) is 51.1 Å². The van der Waals surface area contributed by atoms with Gasteiger partial charge in [-0.3, -0.25) is 4.79 Å². The number of piperazine rings is 1. The van der Waals surface area contributed by atoms with E-state index in [-0.39, 0.29) is 5.91 Å². The van der Waals surface area contributed by atoms with Crippen LogP contribution in [0.4, 0.5) is 11.5 Å². The van der Waals surface area contributed by atoms with Crippen LogP contribution in [0.2, 0.25) is 5.02 Å². The molecule has 1 amide bonds. The van der Waals surface area contributed by atoms with Crippen LogP contribution in [0.15, 0.2) is 18.2 Å². The molecule has 0 atom stereocenters. The maximum Gasteiger partial charge on any atom is 0.266 e. The van der Waals surface area contributed by atoms with Crippen molar-refractivity contribution in [2.24, 2.45) is 0 Å². The largest absolute Gasteiger partial charge is 0.353 e. The van der Waals surface area contributed by atoms with Gasteiger partial charge < -0.3 is 15.1 Å². The molecule has 0 bridgehead atoms. The number of nitrogens with one attached hydrogen (secondary N) is 1. The second kappa shape index (κ2) is 7.89. The maximum absolute atomic E-state index is 13.1. The second-order valence-corrected chi connectivity index (χ2v) is 8.89. The van der Waals surface area contributed by atoms with Crippen molar-refractivity contribution in [2.75, 3.05) is 43.4 Å². The van der Waals surface area contributed by atoms with Crippen LogP contribution >= 0.6 is 22.9 Å². The van der Waals surface area contributed by atoms with Crippen molar-refractivity contribution < 1.29 is 4.79 Å². The Morgan fingerprint density at radius 3 is 2.55 bits per heavy atom. The van der Waals surface area contributed by atoms with Gasteiger partial charge in [0.25, 0.3) is 5.91 Å². The number of halogens is 1. The third-order valence-corrected chi connectivity index (χ3v) is 7.00. The number of benzene rings is 1. The molecule has 2 aromatic heterocycles. The summed E-state index contributed by atoms with van der Waals surface area (Å²) in [5.41, 5.74) is 2.51. The molecule has 1 aliphatic rings. The molecule has 8 heteroatoms. The molecule has 4 rings (SSSR count). The molecule has 0 unspecified atom stereocenters. The van der Waals surface area contributed by atoms with Crippen LogP contribution in [-0.4, -0.2) is 54.0 Å². The fraction of sp³-hybridized carbons (Fsp3) is 0.381. The van der Waals surface area contributed by atoms with Crippen molar-refractivity contribution in [1.29, 1.82) is 0 Å². The van der Waals surface area contributed by atoms with E-state index in [9.17, 15) is 4.79 Å². The van der Waals surface area contributed by atoms with E-state index in [4.69, 9.17) is 16.6 Å². The first-order valence-electron chi connectivity index (χ1n) is 9.63. The highest BCUT2D eigenvalue weighted by Crippen LogP contribution is 2.36. The molecule has 3 aromatic rings. The number of aromatic nitrogens is 2. The third kappa shape index (κ3) is 3.82. The molecule has 6 nitrogen and oxygen atoms in total. The molecule has 0 radical (unpaired) electrons. The molecule has 1 fully saturated rings. The minimum absolute atomic E-state index is 0.141. The van der Waals surface area contributed by atoms with E-state index in [1.807, 2.05) is 39.0 Å². The number of carbonyl (C=O) groups is 1. The lowest BCUT2D eigenvalue weighted by molar-refractivity contribution is 0.103. The van der Waals surface area contributed by atoms with Crippen LogP contribution in [-0.2, 0) is 0 Å². The molecule has 0 aliphatic carbocycles. The van der Waals surface area contributed by atoms with Gasteiger partial charge in [0, 0.05) is 36.9 Å². The number of nitrogens with zero attached hydrogens (tertiary/aromatic N) is 4. The number of hydrogen-bond acceptors (Lipinski definition) is 6. The number of rotatable bonds is 3. The molecule has 1 saturated heterocycles. The first-order chi connectivity index (χ1) is 13.8. The SMILES string of the molecule is Cc1nc(N2CCN(C)CC2)c2c(C)c(C(=O)Nc3cccc(Cl)c3C)sc2n1. The smallest absolute Gasteiger partial charge is 0.266 e. The predicted molar refractivity (Wildman–Crippen MR) is 121 cm³/mol. The third-order valence-electron chi connectivity index (χ3n) is 5.41. The minimum atomic E-state index is -0.141. The molecule has 0 spiro atoms. The van der Waals surface area contributed by atoms with Gasteiger partial charge in [-0.1, -0.05) is 17.7 Å². The van der Waals surface area contributed by atoms with Gasteiger partial charge in [0.15, 0.2) is 0 Å². The maximum atomic E-state index is 13.1. The fourth-order valence-corrected chi connectivity index (χ4v) is 4.90. The van der Waals surface area contributed by atoms with Crippen LogP contribution in [0.1, 0.15) is 26.6 Å². The number of hydrogen-bond donors (Lipinski definition) is 1. The molecule has 29 heavy (non-hydrogen) atoms. The molecule has 152 valence electrons. The highest BCUT2D eigenvalue weighted by atomic mass is 35.5. The van der Waals surface area contributed by atoms with Gasteiger partial charge in [-0.25, -0.2) is 9.97 Å². The normalized spacial score (nSPS) is 15.1. The Labute approximate surface area is 179 Å². The van der Waals surface area contributed by atoms with Crippen LogP contribution < -0.4 is 10.2 Å². The van der Waals surface area contributed by atoms with Crippen molar-refractivity contribution in [3.63, 3.8) is 0 Å². The summed E-state index contributed by atoms with van der Waals surface area (Å²) < 4.78 is 0. The van der Waals surface area contributed by atoms with E-state index in [0.29, 0.717) is 9.90 Å². The summed E-state index contributed by atoms with van der Waals surface area (Å²) in [4.78, 5) is 28.6. The highest BCUT2D eigenvalue weighted by molar-refractivity contribution is 7.20. The molecular weight excluding hydrogens is 406 g/mol. The lowest BCUT2D eigenvalue weighted by Crippen LogP contribution is -2.45. The molecule has 1 N–H and O–H groups in total. The number of thiophene rings is 1. The Morgan fingerprint density at radius 2 is 1.83 bits per heavy atom. The van der Waals surface area contributed by atoms with Crippen LogP contribution in [0.3, 0.4) is 0 Å². The van der Waals surface area contributed by atoms with Gasteiger partial charge in [0.2, 0.25) is 0 Å². The predicted octanol–water partition coefficient (Wildman–Crippen LogP) is 4.27. The van der Waals surface area contributed by atoms with Crippen LogP contribution in [0.5, 0.6) is 0 Å². The Balaban J connectivity index is 1.73. The highest BCUT2D eigenvalue weighted by Gasteiger charge is 2.24. The van der Waals surface area contributed by atoms with Gasteiger partial charge in [-0.2, -0.15) is 0 Å². The Morgan fingerprint density at radius 1 is 1.10 bits per heavy atom. The first kappa shape index (κ1) is 20.1. The topological polar surface area (TPSA) is 61.4 Å². The summed E-state index contributed by atoms with van der Waals surface area (Å²) in [7, 11) is 2.13. The summed E-state index contributed by atoms with van der Waals surface area (Å²) in [6.45, 7) is 9.61. The van der Waals surface area contributed by atoms with Crippen molar-refractivity contribution >= 4 is 50.6 Å². The monoisotopic (exact) mass is 429 g/mol. The molecule has 1 aliphatic heterocycles. The van der Waals surface area contributed by atoms with Crippen molar-refractivity contribution in [1.82, 2.24) is 14.9 Å². The minimum Gasteiger partial charge on any atom is -0.353 e. The molecule has 3 heterocycles. The van der Waals surface area contributed by atoms with Gasteiger partial charge in [0.1, 0.15) is 16.5 Å². The Hall–Kier alpha value is -2.22. The zero-order valence-electron chi connectivity index (χ0n) is 17.0. The fourth-order valence-electron chi connectivity index (χ4n) is 3.61. The van der Waals surface area contributed by atoms with E-state index >= 15 is 0 Å². The lowest BCUT2D eigenvalue weighted by atomic mass is 10.1. The average Bonchev–Trinajstić information content (AvgIpc) is 3.02. The number of anilines is 2. The summed E-state index contributed by atoms with van der Waals surface area (Å²) in [6, 6.07) is 5.52. The number of likely N-dealkylation sites (N-methyl/N-ethyl adjacent to an activating group) is 1. The number of carbonyl (C=O) groups excluding carboxylic acids is 1. The quantitative estimate of drug-likeness (QED) is 0.673. The van der Waals surface area contributed by atoms with E-state index in [0.717, 1.165) is 64.9 Å².